The number of benzene rings is 2. The average Bonchev–Trinajstić information content (AvgIpc) is 2.97. The van der Waals surface area contributed by atoms with Crippen LogP contribution >= 0.6 is 44.2 Å². The molecule has 86 valence electrons. The van der Waals surface area contributed by atoms with Gasteiger partial charge in [-0.15, -0.1) is 0 Å². The second-order valence-electron chi connectivity index (χ2n) is 4.31. The van der Waals surface area contributed by atoms with Gasteiger partial charge in [-0.3, -0.25) is 0 Å². The standard InChI is InChI=1S/C14H6S4/c1-3-9-12-10(18-17-9)4-2-8-11(12)7(1)13-14(8)16-6-5-15-13/h1-6H. The second kappa shape index (κ2) is 3.45. The molecule has 0 amide bonds. The van der Waals surface area contributed by atoms with Crippen LogP contribution in [0, 0.1) is 0 Å². The summed E-state index contributed by atoms with van der Waals surface area (Å²) in [6.45, 7) is 0. The average molecular weight is 302 g/mol. The Morgan fingerprint density at radius 2 is 1.17 bits per heavy atom. The van der Waals surface area contributed by atoms with Crippen molar-refractivity contribution in [3.05, 3.63) is 35.1 Å². The first kappa shape index (κ1) is 10.1. The third-order valence-corrected chi connectivity index (χ3v) is 8.04. The van der Waals surface area contributed by atoms with Crippen molar-refractivity contribution in [3.8, 4) is 0 Å². The van der Waals surface area contributed by atoms with Crippen LogP contribution in [0.2, 0.25) is 0 Å². The summed E-state index contributed by atoms with van der Waals surface area (Å²) in [4.78, 5) is 2.89. The molecule has 3 aromatic carbocycles. The van der Waals surface area contributed by atoms with Crippen LogP contribution in [0.3, 0.4) is 0 Å². The van der Waals surface area contributed by atoms with E-state index in [2.05, 4.69) is 35.1 Å². The van der Waals surface area contributed by atoms with Crippen LogP contribution in [0.1, 0.15) is 0 Å². The normalized spacial score (nSPS) is 15.1. The molecule has 2 heterocycles. The lowest BCUT2D eigenvalue weighted by Gasteiger charge is -2.04. The maximum absolute atomic E-state index is 2.30. The van der Waals surface area contributed by atoms with E-state index >= 15 is 0 Å². The topological polar surface area (TPSA) is 0 Å². The molecule has 0 saturated heterocycles. The zero-order valence-electron chi connectivity index (χ0n) is 9.10. The Morgan fingerprint density at radius 3 is 1.72 bits per heavy atom. The van der Waals surface area contributed by atoms with Crippen LogP contribution in [0.25, 0.3) is 30.9 Å². The quantitative estimate of drug-likeness (QED) is 0.346. The van der Waals surface area contributed by atoms with E-state index in [1.54, 1.807) is 0 Å². The molecule has 0 bridgehead atoms. The summed E-state index contributed by atoms with van der Waals surface area (Å²) in [6.07, 6.45) is 0. The molecular formula is C14H6S4. The SMILES string of the molecule is C1=CSc2c(c3ccc4ssc5ccc2c3c45)S1. The van der Waals surface area contributed by atoms with Crippen molar-refractivity contribution >= 4 is 75.1 Å². The van der Waals surface area contributed by atoms with E-state index in [9.17, 15) is 0 Å². The fourth-order valence-corrected chi connectivity index (χ4v) is 7.20. The summed E-state index contributed by atoms with van der Waals surface area (Å²) in [5.41, 5.74) is 0. The number of fused-ring (bicyclic) bond motifs is 3. The van der Waals surface area contributed by atoms with Gasteiger partial charge in [0.25, 0.3) is 0 Å². The molecular weight excluding hydrogens is 296 g/mol. The Labute approximate surface area is 119 Å². The minimum absolute atomic E-state index is 1.43. The fraction of sp³-hybridized carbons (Fsp3) is 0. The van der Waals surface area contributed by atoms with Gasteiger partial charge in [-0.05, 0) is 33.7 Å². The van der Waals surface area contributed by atoms with Crippen LogP contribution in [-0.4, -0.2) is 0 Å². The molecule has 4 heteroatoms. The maximum atomic E-state index is 2.30. The molecule has 0 N–H and O–H groups in total. The highest BCUT2D eigenvalue weighted by atomic mass is 32.9. The molecule has 1 aliphatic heterocycles. The lowest BCUT2D eigenvalue weighted by Crippen LogP contribution is -1.72. The van der Waals surface area contributed by atoms with Crippen LogP contribution in [0.4, 0.5) is 0 Å². The summed E-state index contributed by atoms with van der Waals surface area (Å²) < 4.78 is 2.86. The minimum atomic E-state index is 1.43. The van der Waals surface area contributed by atoms with Gasteiger partial charge in [0.05, 0.1) is 0 Å². The summed E-state index contributed by atoms with van der Waals surface area (Å²) in [5.74, 6) is 0. The highest BCUT2D eigenvalue weighted by Crippen LogP contribution is 2.52. The van der Waals surface area contributed by atoms with E-state index in [1.807, 2.05) is 44.2 Å². The molecule has 0 radical (unpaired) electrons. The number of thioether (sulfide) groups is 2. The van der Waals surface area contributed by atoms with E-state index in [0.717, 1.165) is 0 Å². The van der Waals surface area contributed by atoms with E-state index in [4.69, 9.17) is 0 Å². The molecule has 1 aliphatic rings. The smallest absolute Gasteiger partial charge is 0.0470 e. The molecule has 5 rings (SSSR count). The first-order chi connectivity index (χ1) is 8.93. The zero-order chi connectivity index (χ0) is 11.7. The van der Waals surface area contributed by atoms with Gasteiger partial charge in [0, 0.05) is 30.0 Å². The Hall–Kier alpha value is -0.680. The molecule has 1 aromatic heterocycles. The Morgan fingerprint density at radius 1 is 0.611 bits per heavy atom. The van der Waals surface area contributed by atoms with Crippen LogP contribution in [0.5, 0.6) is 0 Å². The first-order valence-electron chi connectivity index (χ1n) is 5.61. The predicted molar refractivity (Wildman–Crippen MR) is 86.8 cm³/mol. The molecule has 0 fully saturated rings. The van der Waals surface area contributed by atoms with Gasteiger partial charge in [0.15, 0.2) is 0 Å². The van der Waals surface area contributed by atoms with Crippen molar-refractivity contribution in [2.75, 3.05) is 0 Å². The third kappa shape index (κ3) is 1.11. The molecule has 0 atom stereocenters. The Balaban J connectivity index is 2.16. The van der Waals surface area contributed by atoms with Gasteiger partial charge in [-0.2, -0.15) is 0 Å². The van der Waals surface area contributed by atoms with Crippen molar-refractivity contribution < 1.29 is 0 Å². The van der Waals surface area contributed by atoms with Crippen molar-refractivity contribution in [3.63, 3.8) is 0 Å². The lowest BCUT2D eigenvalue weighted by molar-refractivity contribution is 1.41. The molecule has 0 nitrogen and oxygen atoms in total. The van der Waals surface area contributed by atoms with Crippen molar-refractivity contribution in [2.45, 2.75) is 9.79 Å². The molecule has 0 unspecified atom stereocenters. The highest BCUT2D eigenvalue weighted by Gasteiger charge is 2.21. The molecule has 18 heavy (non-hydrogen) atoms. The van der Waals surface area contributed by atoms with E-state index in [0.29, 0.717) is 0 Å². The van der Waals surface area contributed by atoms with Crippen LogP contribution in [-0.2, 0) is 0 Å². The monoisotopic (exact) mass is 302 g/mol. The Kier molecular flexibility index (Phi) is 1.95. The van der Waals surface area contributed by atoms with Gasteiger partial charge in [-0.25, -0.2) is 0 Å². The van der Waals surface area contributed by atoms with Crippen molar-refractivity contribution in [1.29, 1.82) is 0 Å². The van der Waals surface area contributed by atoms with Gasteiger partial charge in [0.1, 0.15) is 0 Å². The molecule has 0 spiro atoms. The van der Waals surface area contributed by atoms with Gasteiger partial charge >= 0.3 is 0 Å². The maximum Gasteiger partial charge on any atom is 0.0470 e. The number of rotatable bonds is 0. The largest absolute Gasteiger partial charge is 0.0957 e. The lowest BCUT2D eigenvalue weighted by atomic mass is 10.1. The first-order valence-corrected chi connectivity index (χ1v) is 9.52. The highest BCUT2D eigenvalue weighted by molar-refractivity contribution is 8.08. The summed E-state index contributed by atoms with van der Waals surface area (Å²) >= 11 is 3.72. The van der Waals surface area contributed by atoms with Crippen LogP contribution < -0.4 is 0 Å². The molecule has 4 aromatic rings. The van der Waals surface area contributed by atoms with Crippen molar-refractivity contribution in [1.82, 2.24) is 0 Å². The second-order valence-corrected chi connectivity index (χ2v) is 8.35. The van der Waals surface area contributed by atoms with Gasteiger partial charge in [0.2, 0.25) is 0 Å². The van der Waals surface area contributed by atoms with Gasteiger partial charge in [-0.1, -0.05) is 56.3 Å². The zero-order valence-corrected chi connectivity index (χ0v) is 12.4. The number of hydrogen-bond acceptors (Lipinski definition) is 4. The molecule has 0 aliphatic carbocycles. The summed E-state index contributed by atoms with van der Waals surface area (Å²) in [6, 6.07) is 9.18. The Bertz CT molecular complexity index is 854. The van der Waals surface area contributed by atoms with E-state index < -0.39 is 0 Å². The van der Waals surface area contributed by atoms with E-state index in [-0.39, 0.29) is 0 Å². The minimum Gasteiger partial charge on any atom is -0.0957 e. The van der Waals surface area contributed by atoms with Crippen LogP contribution in [0.15, 0.2) is 44.9 Å². The van der Waals surface area contributed by atoms with Crippen molar-refractivity contribution in [2.24, 2.45) is 0 Å². The third-order valence-electron chi connectivity index (χ3n) is 3.43. The fourth-order valence-electron chi connectivity index (χ4n) is 2.71. The van der Waals surface area contributed by atoms with E-state index in [1.165, 1.54) is 40.7 Å². The van der Waals surface area contributed by atoms with Gasteiger partial charge < -0.3 is 0 Å². The summed E-state index contributed by atoms with van der Waals surface area (Å²) in [7, 11) is 3.79. The number of hydrogen-bond donors (Lipinski definition) is 0. The predicted octanol–water partition coefficient (Wildman–Crippen LogP) is 6.38. The summed E-state index contributed by atoms with van der Waals surface area (Å²) in [5, 5.41) is 10.2. The molecule has 0 saturated carbocycles.